The van der Waals surface area contributed by atoms with Crippen LogP contribution in [-0.4, -0.2) is 8.32 Å². The Kier molecular flexibility index (Phi) is 16.3. The summed E-state index contributed by atoms with van der Waals surface area (Å²) >= 11 is 11.9. The minimum atomic E-state index is 0.395. The van der Waals surface area contributed by atoms with E-state index in [4.69, 9.17) is 0 Å². The highest BCUT2D eigenvalue weighted by Gasteiger charge is 2.24. The van der Waals surface area contributed by atoms with Crippen molar-refractivity contribution in [2.75, 3.05) is 0 Å². The van der Waals surface area contributed by atoms with Crippen LogP contribution < -0.4 is 10.4 Å². The van der Waals surface area contributed by atoms with E-state index < -0.39 is 0 Å². The van der Waals surface area contributed by atoms with Crippen LogP contribution in [0.1, 0.15) is 153 Å². The molecule has 0 radical (unpaired) electrons. The lowest BCUT2D eigenvalue weighted by Crippen LogP contribution is -2.15. The number of hydrogen-bond acceptors (Lipinski definition) is 2. The van der Waals surface area contributed by atoms with E-state index in [1.807, 2.05) is 23.5 Å². The number of benzene rings is 2. The van der Waals surface area contributed by atoms with E-state index in [-0.39, 0.29) is 0 Å². The second kappa shape index (κ2) is 19.6. The summed E-state index contributed by atoms with van der Waals surface area (Å²) in [6, 6.07) is 5.16. The van der Waals surface area contributed by atoms with Crippen LogP contribution in [0.25, 0.3) is 22.9 Å². The lowest BCUT2D eigenvalue weighted by Gasteiger charge is -2.14. The van der Waals surface area contributed by atoms with Gasteiger partial charge in [-0.15, -0.1) is 23.5 Å². The molecule has 42 heavy (non-hydrogen) atoms. The van der Waals surface area contributed by atoms with Gasteiger partial charge in [-0.2, -0.15) is 0 Å². The predicted molar refractivity (Wildman–Crippen MR) is 200 cm³/mol. The molecule has 234 valence electrons. The zero-order chi connectivity index (χ0) is 29.6. The Morgan fingerprint density at radius 3 is 1.12 bits per heavy atom. The molecule has 2 aromatic carbocycles. The van der Waals surface area contributed by atoms with Crippen molar-refractivity contribution in [1.82, 2.24) is 0 Å². The Morgan fingerprint density at radius 1 is 0.476 bits per heavy atom. The van der Waals surface area contributed by atoms with Gasteiger partial charge in [-0.1, -0.05) is 173 Å². The molecule has 4 heteroatoms. The summed E-state index contributed by atoms with van der Waals surface area (Å²) < 4.78 is 0.790. The van der Waals surface area contributed by atoms with Gasteiger partial charge in [0.15, 0.2) is 0 Å². The molecule has 0 nitrogen and oxygen atoms in total. The van der Waals surface area contributed by atoms with Gasteiger partial charge in [0.1, 0.15) is 0 Å². The minimum Gasteiger partial charge on any atom is -0.106 e. The normalized spacial score (nSPS) is 17.4. The zero-order valence-corrected chi connectivity index (χ0v) is 31.4. The topological polar surface area (TPSA) is 0 Å². The molecule has 2 aliphatic rings. The molecule has 2 unspecified atom stereocenters. The molecule has 0 spiro atoms. The van der Waals surface area contributed by atoms with E-state index in [1.165, 1.54) is 172 Å². The van der Waals surface area contributed by atoms with E-state index >= 15 is 0 Å². The van der Waals surface area contributed by atoms with Crippen molar-refractivity contribution in [1.29, 1.82) is 0 Å². The van der Waals surface area contributed by atoms with Crippen molar-refractivity contribution in [3.63, 3.8) is 0 Å². The highest BCUT2D eigenvalue weighted by molar-refractivity contribution is 9.11. The molecule has 0 fully saturated rings. The average Bonchev–Trinajstić information content (AvgIpc) is 3.57. The molecule has 0 saturated heterocycles. The second-order valence-corrected chi connectivity index (χ2v) is 18.3. The van der Waals surface area contributed by atoms with Crippen molar-refractivity contribution in [3.05, 3.63) is 33.7 Å². The highest BCUT2D eigenvalue weighted by atomic mass is 79.9. The summed E-state index contributed by atoms with van der Waals surface area (Å²) in [5.74, 6) is 0. The van der Waals surface area contributed by atoms with Crippen LogP contribution in [0.4, 0.5) is 0 Å². The number of thioether (sulfide) groups is 2. The average molecular weight is 737 g/mol. The third-order valence-electron chi connectivity index (χ3n) is 9.25. The number of hydrogen-bond donors (Lipinski definition) is 0. The van der Waals surface area contributed by atoms with Crippen LogP contribution >= 0.6 is 55.4 Å². The zero-order valence-electron chi connectivity index (χ0n) is 26.6. The Bertz CT molecular complexity index is 1130. The van der Waals surface area contributed by atoms with Crippen molar-refractivity contribution in [2.24, 2.45) is 0 Å². The fraction of sp³-hybridized carbons (Fsp3) is 0.684. The SMILES string of the molecule is CCCCCCCCCCCCc1cc2c3c(c(CCCCCCCCCCCC)cc2c2c1=CC(Br)S2)=CC(Br)S3. The van der Waals surface area contributed by atoms with Crippen molar-refractivity contribution in [2.45, 2.75) is 173 Å². The van der Waals surface area contributed by atoms with E-state index in [1.54, 1.807) is 11.1 Å². The first-order valence-corrected chi connectivity index (χ1v) is 21.2. The lowest BCUT2D eigenvalue weighted by atomic mass is 9.95. The van der Waals surface area contributed by atoms with Gasteiger partial charge in [-0.25, -0.2) is 0 Å². The van der Waals surface area contributed by atoms with Crippen LogP contribution in [0.3, 0.4) is 0 Å². The number of unbranched alkanes of at least 4 members (excludes halogenated alkanes) is 18. The van der Waals surface area contributed by atoms with Gasteiger partial charge in [0.2, 0.25) is 0 Å². The molecule has 2 aliphatic heterocycles. The van der Waals surface area contributed by atoms with Gasteiger partial charge in [0, 0.05) is 9.79 Å². The Balaban J connectivity index is 1.36. The number of halogens is 2. The van der Waals surface area contributed by atoms with Crippen LogP contribution in [-0.2, 0) is 12.8 Å². The minimum absolute atomic E-state index is 0.395. The van der Waals surface area contributed by atoms with Crippen molar-refractivity contribution >= 4 is 78.3 Å². The Labute approximate surface area is 283 Å². The van der Waals surface area contributed by atoms with Crippen LogP contribution in [0, 0.1) is 0 Å². The third-order valence-corrected chi connectivity index (χ3v) is 13.0. The monoisotopic (exact) mass is 734 g/mol. The molecule has 0 amide bonds. The van der Waals surface area contributed by atoms with Gasteiger partial charge in [-0.05, 0) is 70.2 Å². The summed E-state index contributed by atoms with van der Waals surface area (Å²) in [7, 11) is 0. The van der Waals surface area contributed by atoms with Gasteiger partial charge >= 0.3 is 0 Å². The van der Waals surface area contributed by atoms with Crippen LogP contribution in [0.15, 0.2) is 21.9 Å². The molecular formula is C38H56Br2S2. The van der Waals surface area contributed by atoms with Crippen LogP contribution in [0.5, 0.6) is 0 Å². The predicted octanol–water partition coefficient (Wildman–Crippen LogP) is 13.0. The summed E-state index contributed by atoms with van der Waals surface area (Å²) in [6.45, 7) is 4.61. The Hall–Kier alpha value is 0.100. The van der Waals surface area contributed by atoms with Crippen LogP contribution in [0.2, 0.25) is 0 Å². The molecule has 2 aromatic rings. The molecular weight excluding hydrogens is 680 g/mol. The number of fused-ring (bicyclic) bond motifs is 5. The number of rotatable bonds is 22. The smallest absolute Gasteiger partial charge is 0.0836 e. The van der Waals surface area contributed by atoms with Crippen molar-refractivity contribution < 1.29 is 0 Å². The maximum Gasteiger partial charge on any atom is 0.0836 e. The van der Waals surface area contributed by atoms with Gasteiger partial charge in [-0.3, -0.25) is 0 Å². The third kappa shape index (κ3) is 10.6. The lowest BCUT2D eigenvalue weighted by molar-refractivity contribution is 0.556. The molecule has 0 saturated carbocycles. The second-order valence-electron chi connectivity index (χ2n) is 12.8. The first kappa shape index (κ1) is 35.0. The number of aryl methyl sites for hydroxylation is 2. The summed E-state index contributed by atoms with van der Waals surface area (Å²) in [6.07, 6.45) is 35.4. The molecule has 0 aliphatic carbocycles. The van der Waals surface area contributed by atoms with Gasteiger partial charge < -0.3 is 0 Å². The molecule has 2 atom stereocenters. The molecule has 0 N–H and O–H groups in total. The first-order chi connectivity index (χ1) is 20.6. The van der Waals surface area contributed by atoms with Gasteiger partial charge in [0.05, 0.1) is 8.32 Å². The summed E-state index contributed by atoms with van der Waals surface area (Å²) in [4.78, 5) is 3.06. The maximum atomic E-state index is 3.94. The Morgan fingerprint density at radius 2 is 0.786 bits per heavy atom. The van der Waals surface area contributed by atoms with E-state index in [9.17, 15) is 0 Å². The summed E-state index contributed by atoms with van der Waals surface area (Å²) in [5, 5.41) is 6.06. The molecule has 0 bridgehead atoms. The van der Waals surface area contributed by atoms with E-state index in [2.05, 4.69) is 70.0 Å². The maximum absolute atomic E-state index is 3.94. The first-order valence-electron chi connectivity index (χ1n) is 17.6. The number of alkyl halides is 2. The molecule has 0 aromatic heterocycles. The quantitative estimate of drug-likeness (QED) is 0.0872. The largest absolute Gasteiger partial charge is 0.106 e. The van der Waals surface area contributed by atoms with Gasteiger partial charge in [0.25, 0.3) is 0 Å². The van der Waals surface area contributed by atoms with E-state index in [0.29, 0.717) is 8.32 Å². The fourth-order valence-electron chi connectivity index (χ4n) is 6.81. The van der Waals surface area contributed by atoms with E-state index in [0.717, 1.165) is 0 Å². The highest BCUT2D eigenvalue weighted by Crippen LogP contribution is 2.42. The standard InChI is InChI=1S/C38H56Br2S2/c1-3-5-7-9-11-13-15-17-19-21-23-29-25-33-34(37-31(29)27-35(39)41-37)26-30(32-28-36(40)42-38(32)33)24-22-20-18-16-14-12-10-8-6-4-2/h25-28,35-36H,3-24H2,1-2H3. The summed E-state index contributed by atoms with van der Waals surface area (Å²) in [5.41, 5.74) is 3.16. The fourth-order valence-corrected chi connectivity index (χ4v) is 10.6. The molecule has 2 heterocycles. The van der Waals surface area contributed by atoms with Crippen molar-refractivity contribution in [3.8, 4) is 0 Å². The molecule has 4 rings (SSSR count).